The molecule has 4 heteroatoms. The number of morpholine rings is 1. The molecule has 1 aliphatic heterocycles. The van der Waals surface area contributed by atoms with E-state index in [-0.39, 0.29) is 0 Å². The van der Waals surface area contributed by atoms with Crippen LogP contribution in [0.15, 0.2) is 22.7 Å². The molecule has 0 radical (unpaired) electrons. The average molecular weight is 349 g/mol. The lowest BCUT2D eigenvalue weighted by molar-refractivity contribution is 0.0532. The molecule has 0 amide bonds. The van der Waals surface area contributed by atoms with Crippen LogP contribution in [0.25, 0.3) is 0 Å². The van der Waals surface area contributed by atoms with Crippen LogP contribution in [0, 0.1) is 0 Å². The molecule has 16 heavy (non-hydrogen) atoms. The quantitative estimate of drug-likeness (QED) is 0.757. The van der Waals surface area contributed by atoms with Gasteiger partial charge in [-0.05, 0) is 30.7 Å². The van der Waals surface area contributed by atoms with Gasteiger partial charge in [0.2, 0.25) is 0 Å². The van der Waals surface area contributed by atoms with E-state index in [0.717, 1.165) is 29.5 Å². The minimum Gasteiger partial charge on any atom is -0.375 e. The predicted octanol–water partition coefficient (Wildman–Crippen LogP) is 3.57. The molecule has 1 atom stereocenters. The second-order valence-electron chi connectivity index (χ2n) is 4.03. The number of nitrogens with zero attached hydrogens (tertiary/aromatic N) is 1. The highest BCUT2D eigenvalue weighted by Crippen LogP contribution is 2.27. The first kappa shape index (κ1) is 12.4. The first-order chi connectivity index (χ1) is 7.70. The summed E-state index contributed by atoms with van der Waals surface area (Å²) < 4.78 is 6.70. The molecule has 0 saturated carbocycles. The molecule has 88 valence electrons. The van der Waals surface area contributed by atoms with Gasteiger partial charge in [-0.15, -0.1) is 0 Å². The highest BCUT2D eigenvalue weighted by atomic mass is 79.9. The molecule has 1 aromatic carbocycles. The Balaban J connectivity index is 2.24. The monoisotopic (exact) mass is 347 g/mol. The number of ether oxygens (including phenoxy) is 1. The summed E-state index contributed by atoms with van der Waals surface area (Å²) in [6.45, 7) is 4.89. The van der Waals surface area contributed by atoms with Crippen LogP contribution in [-0.2, 0) is 10.1 Å². The highest BCUT2D eigenvalue weighted by Gasteiger charge is 2.18. The molecule has 0 N–H and O–H groups in total. The fraction of sp³-hybridized carbons (Fsp3) is 0.500. The smallest absolute Gasteiger partial charge is 0.0722 e. The third-order valence-electron chi connectivity index (χ3n) is 2.77. The molecule has 1 unspecified atom stereocenters. The molecule has 2 nitrogen and oxygen atoms in total. The third kappa shape index (κ3) is 2.79. The lowest BCUT2D eigenvalue weighted by atomic mass is 10.1. The Morgan fingerprint density at radius 3 is 3.00 bits per heavy atom. The number of alkyl halides is 1. The van der Waals surface area contributed by atoms with E-state index in [0.29, 0.717) is 6.10 Å². The van der Waals surface area contributed by atoms with Gasteiger partial charge in [0.15, 0.2) is 0 Å². The summed E-state index contributed by atoms with van der Waals surface area (Å²) >= 11 is 7.05. The maximum absolute atomic E-state index is 5.56. The average Bonchev–Trinajstić information content (AvgIpc) is 2.28. The summed E-state index contributed by atoms with van der Waals surface area (Å²) in [7, 11) is 0. The van der Waals surface area contributed by atoms with E-state index in [4.69, 9.17) is 4.74 Å². The van der Waals surface area contributed by atoms with Gasteiger partial charge in [-0.3, -0.25) is 0 Å². The number of benzene rings is 1. The molecule has 0 bridgehead atoms. The minimum absolute atomic E-state index is 0.320. The van der Waals surface area contributed by atoms with Crippen LogP contribution in [0.1, 0.15) is 12.5 Å². The molecular weight excluding hydrogens is 334 g/mol. The topological polar surface area (TPSA) is 12.5 Å². The van der Waals surface area contributed by atoms with Gasteiger partial charge in [0.05, 0.1) is 12.7 Å². The van der Waals surface area contributed by atoms with Gasteiger partial charge >= 0.3 is 0 Å². The Kier molecular flexibility index (Phi) is 4.27. The normalized spacial score (nSPS) is 21.2. The zero-order valence-electron chi connectivity index (χ0n) is 9.25. The SMILES string of the molecule is CC1CN(c2ccc(Br)cc2CBr)CCO1. The second kappa shape index (κ2) is 5.52. The largest absolute Gasteiger partial charge is 0.375 e. The highest BCUT2D eigenvalue weighted by molar-refractivity contribution is 9.10. The van der Waals surface area contributed by atoms with E-state index in [9.17, 15) is 0 Å². The molecule has 0 aromatic heterocycles. The van der Waals surface area contributed by atoms with E-state index in [1.165, 1.54) is 11.3 Å². The van der Waals surface area contributed by atoms with Crippen molar-refractivity contribution in [1.29, 1.82) is 0 Å². The lowest BCUT2D eigenvalue weighted by Crippen LogP contribution is -2.41. The molecule has 1 heterocycles. The number of hydrogen-bond acceptors (Lipinski definition) is 2. The van der Waals surface area contributed by atoms with Crippen LogP contribution in [0.3, 0.4) is 0 Å². The zero-order valence-corrected chi connectivity index (χ0v) is 12.4. The number of rotatable bonds is 2. The van der Waals surface area contributed by atoms with Crippen LogP contribution in [0.5, 0.6) is 0 Å². The summed E-state index contributed by atoms with van der Waals surface area (Å²) in [5.41, 5.74) is 2.64. The van der Waals surface area contributed by atoms with Crippen LogP contribution in [0.2, 0.25) is 0 Å². The second-order valence-corrected chi connectivity index (χ2v) is 5.51. The van der Waals surface area contributed by atoms with Crippen molar-refractivity contribution < 1.29 is 4.74 Å². The Bertz CT molecular complexity index is 370. The van der Waals surface area contributed by atoms with Crippen molar-refractivity contribution in [3.63, 3.8) is 0 Å². The van der Waals surface area contributed by atoms with Crippen molar-refractivity contribution in [2.45, 2.75) is 18.4 Å². The minimum atomic E-state index is 0.320. The summed E-state index contributed by atoms with van der Waals surface area (Å²) in [4.78, 5) is 2.40. The Labute approximate surface area is 113 Å². The molecular formula is C12H15Br2NO. The van der Waals surface area contributed by atoms with Crippen LogP contribution >= 0.6 is 31.9 Å². The molecule has 0 aliphatic carbocycles. The maximum Gasteiger partial charge on any atom is 0.0722 e. The summed E-state index contributed by atoms with van der Waals surface area (Å²) in [6, 6.07) is 6.45. The van der Waals surface area contributed by atoms with Gasteiger partial charge in [0.25, 0.3) is 0 Å². The molecule has 1 aliphatic rings. The Morgan fingerprint density at radius 2 is 2.31 bits per heavy atom. The fourth-order valence-corrected chi connectivity index (χ4v) is 2.86. The summed E-state index contributed by atoms with van der Waals surface area (Å²) in [5.74, 6) is 0. The molecule has 1 aromatic rings. The fourth-order valence-electron chi connectivity index (χ4n) is 2.01. The van der Waals surface area contributed by atoms with Gasteiger partial charge in [-0.2, -0.15) is 0 Å². The van der Waals surface area contributed by atoms with Crippen LogP contribution in [0.4, 0.5) is 5.69 Å². The van der Waals surface area contributed by atoms with Gasteiger partial charge in [-0.1, -0.05) is 31.9 Å². The van der Waals surface area contributed by atoms with Gasteiger partial charge in [-0.25, -0.2) is 0 Å². The van der Waals surface area contributed by atoms with E-state index < -0.39 is 0 Å². The van der Waals surface area contributed by atoms with Gasteiger partial charge < -0.3 is 9.64 Å². The first-order valence-electron chi connectivity index (χ1n) is 5.41. The van der Waals surface area contributed by atoms with Crippen molar-refractivity contribution >= 4 is 37.5 Å². The van der Waals surface area contributed by atoms with Crippen molar-refractivity contribution in [3.8, 4) is 0 Å². The molecule has 2 rings (SSSR count). The summed E-state index contributed by atoms with van der Waals surface area (Å²) in [6.07, 6.45) is 0.320. The van der Waals surface area contributed by atoms with Crippen molar-refractivity contribution in [2.75, 3.05) is 24.6 Å². The van der Waals surface area contributed by atoms with E-state index in [2.05, 4.69) is 61.9 Å². The zero-order chi connectivity index (χ0) is 11.5. The standard InChI is InChI=1S/C12H15Br2NO/c1-9-8-15(4-5-16-9)12-3-2-11(14)6-10(12)7-13/h2-3,6,9H,4-5,7-8H2,1H3. The maximum atomic E-state index is 5.56. The van der Waals surface area contributed by atoms with E-state index in [1.54, 1.807) is 0 Å². The van der Waals surface area contributed by atoms with E-state index >= 15 is 0 Å². The number of hydrogen-bond donors (Lipinski definition) is 0. The molecule has 0 spiro atoms. The van der Waals surface area contributed by atoms with Gasteiger partial charge in [0.1, 0.15) is 0 Å². The molecule has 1 fully saturated rings. The Hall–Kier alpha value is -0.0600. The van der Waals surface area contributed by atoms with Crippen LogP contribution < -0.4 is 4.90 Å². The number of halogens is 2. The summed E-state index contributed by atoms with van der Waals surface area (Å²) in [5, 5.41) is 0.882. The van der Waals surface area contributed by atoms with Gasteiger partial charge in [0, 0.05) is 28.6 Å². The van der Waals surface area contributed by atoms with Crippen molar-refractivity contribution in [2.24, 2.45) is 0 Å². The van der Waals surface area contributed by atoms with Crippen LogP contribution in [-0.4, -0.2) is 25.8 Å². The van der Waals surface area contributed by atoms with Crippen molar-refractivity contribution in [1.82, 2.24) is 0 Å². The lowest BCUT2D eigenvalue weighted by Gasteiger charge is -2.34. The molecule has 1 saturated heterocycles. The Morgan fingerprint density at radius 1 is 1.50 bits per heavy atom. The predicted molar refractivity (Wildman–Crippen MR) is 74.4 cm³/mol. The first-order valence-corrected chi connectivity index (χ1v) is 7.33. The third-order valence-corrected chi connectivity index (χ3v) is 3.86. The van der Waals surface area contributed by atoms with E-state index in [1.807, 2.05) is 0 Å². The number of anilines is 1. The van der Waals surface area contributed by atoms with Crippen molar-refractivity contribution in [3.05, 3.63) is 28.2 Å².